The van der Waals surface area contributed by atoms with Crippen LogP contribution in [0.2, 0.25) is 5.02 Å². The number of para-hydroxylation sites is 1. The van der Waals surface area contributed by atoms with Gasteiger partial charge in [-0.05, 0) is 45.9 Å². The van der Waals surface area contributed by atoms with E-state index in [1.807, 2.05) is 0 Å². The lowest BCUT2D eigenvalue weighted by molar-refractivity contribution is -0.142. The maximum Gasteiger partial charge on any atom is 0.409 e. The molecule has 0 saturated carbocycles. The minimum absolute atomic E-state index is 0.0800. The number of benzene rings is 2. The van der Waals surface area contributed by atoms with E-state index in [0.717, 1.165) is 4.90 Å². The normalized spacial score (nSPS) is 15.7. The van der Waals surface area contributed by atoms with E-state index < -0.39 is 42.1 Å². The Balaban J connectivity index is 2.19. The lowest BCUT2D eigenvalue weighted by atomic mass is 9.99. The van der Waals surface area contributed by atoms with E-state index >= 15 is 0 Å². The molecule has 0 spiro atoms. The zero-order chi connectivity index (χ0) is 25.0. The van der Waals surface area contributed by atoms with Gasteiger partial charge in [0.15, 0.2) is 0 Å². The van der Waals surface area contributed by atoms with Gasteiger partial charge in [-0.1, -0.05) is 35.9 Å². The van der Waals surface area contributed by atoms with Crippen LogP contribution < -0.4 is 10.2 Å². The van der Waals surface area contributed by atoms with Gasteiger partial charge in [0.05, 0.1) is 23.0 Å². The van der Waals surface area contributed by atoms with Crippen molar-refractivity contribution in [3.63, 3.8) is 0 Å². The molecule has 3 rings (SSSR count). The van der Waals surface area contributed by atoms with Crippen LogP contribution in [-0.4, -0.2) is 48.6 Å². The largest absolute Gasteiger partial charge is 0.465 e. The van der Waals surface area contributed by atoms with Gasteiger partial charge >= 0.3 is 12.1 Å². The minimum Gasteiger partial charge on any atom is -0.465 e. The van der Waals surface area contributed by atoms with E-state index in [1.54, 1.807) is 45.9 Å². The molecule has 0 bridgehead atoms. The van der Waals surface area contributed by atoms with Crippen LogP contribution >= 0.6 is 11.6 Å². The monoisotopic (exact) mass is 489 g/mol. The third kappa shape index (κ3) is 5.72. The average Bonchev–Trinajstić information content (AvgIpc) is 2.84. The minimum atomic E-state index is -1.53. The van der Waals surface area contributed by atoms with Crippen molar-refractivity contribution in [1.29, 1.82) is 0 Å². The number of halogens is 2. The number of aliphatic imine (C=N–C) groups is 1. The first-order valence-electron chi connectivity index (χ1n) is 10.6. The fourth-order valence-electron chi connectivity index (χ4n) is 3.37. The summed E-state index contributed by atoms with van der Waals surface area (Å²) in [6, 6.07) is 10.6. The number of amides is 2. The Morgan fingerprint density at radius 3 is 2.47 bits per heavy atom. The number of esters is 1. The summed E-state index contributed by atoms with van der Waals surface area (Å²) in [4.78, 5) is 43.9. The predicted molar refractivity (Wildman–Crippen MR) is 126 cm³/mol. The van der Waals surface area contributed by atoms with E-state index in [0.29, 0.717) is 5.56 Å². The smallest absolute Gasteiger partial charge is 0.409 e. The lowest BCUT2D eigenvalue weighted by Crippen LogP contribution is -2.50. The molecule has 0 unspecified atom stereocenters. The highest BCUT2D eigenvalue weighted by Gasteiger charge is 2.37. The summed E-state index contributed by atoms with van der Waals surface area (Å²) in [6.07, 6.45) is -2.43. The van der Waals surface area contributed by atoms with Crippen molar-refractivity contribution >= 4 is 41.0 Å². The van der Waals surface area contributed by atoms with Gasteiger partial charge in [0.2, 0.25) is 6.17 Å². The number of hydrogen-bond acceptors (Lipinski definition) is 6. The van der Waals surface area contributed by atoms with Gasteiger partial charge in [0.25, 0.3) is 5.91 Å². The molecule has 1 aliphatic heterocycles. The van der Waals surface area contributed by atoms with E-state index in [9.17, 15) is 18.8 Å². The Morgan fingerprint density at radius 1 is 1.15 bits per heavy atom. The van der Waals surface area contributed by atoms with Crippen LogP contribution in [0.1, 0.15) is 38.8 Å². The summed E-state index contributed by atoms with van der Waals surface area (Å²) >= 11 is 6.46. The number of benzodiazepines with no additional fused rings is 1. The van der Waals surface area contributed by atoms with Crippen LogP contribution in [0.4, 0.5) is 14.9 Å². The average molecular weight is 490 g/mol. The highest BCUT2D eigenvalue weighted by molar-refractivity contribution is 6.36. The van der Waals surface area contributed by atoms with Crippen LogP contribution in [-0.2, 0) is 19.1 Å². The summed E-state index contributed by atoms with van der Waals surface area (Å²) in [5.41, 5.74) is -0.210. The molecule has 2 aromatic carbocycles. The number of alkyl carbamates (subject to hydrolysis) is 1. The zero-order valence-electron chi connectivity index (χ0n) is 19.2. The highest BCUT2D eigenvalue weighted by Crippen LogP contribution is 2.35. The molecule has 8 nitrogen and oxygen atoms in total. The van der Waals surface area contributed by atoms with Crippen LogP contribution in [0.25, 0.3) is 0 Å². The maximum atomic E-state index is 14.8. The molecule has 2 aromatic rings. The van der Waals surface area contributed by atoms with Crippen LogP contribution in [0.5, 0.6) is 0 Å². The van der Waals surface area contributed by atoms with Crippen LogP contribution in [0, 0.1) is 5.82 Å². The van der Waals surface area contributed by atoms with E-state index in [1.165, 1.54) is 24.3 Å². The number of nitrogens with zero attached hydrogens (tertiary/aromatic N) is 2. The number of fused-ring (bicyclic) bond motifs is 1. The predicted octanol–water partition coefficient (Wildman–Crippen LogP) is 4.08. The summed E-state index contributed by atoms with van der Waals surface area (Å²) < 4.78 is 25.1. The van der Waals surface area contributed by atoms with Gasteiger partial charge < -0.3 is 9.47 Å². The molecule has 34 heavy (non-hydrogen) atoms. The van der Waals surface area contributed by atoms with Crippen molar-refractivity contribution in [2.24, 2.45) is 4.99 Å². The standard InChI is InChI=1S/C24H25ClFN3O5/c1-5-33-18(30)13-29-20-15(10-8-11-16(20)25)19(14-9-6-7-12-17(14)26)27-21(22(29)31)28-23(32)34-24(2,3)4/h6-12,21H,5,13H2,1-4H3,(H,28,32)/t21-/m1/s1. The number of rotatable bonds is 5. The van der Waals surface area contributed by atoms with Crippen molar-refractivity contribution in [2.75, 3.05) is 18.1 Å². The van der Waals surface area contributed by atoms with Gasteiger partial charge in [-0.3, -0.25) is 19.8 Å². The van der Waals surface area contributed by atoms with E-state index in [-0.39, 0.29) is 28.6 Å². The molecule has 1 heterocycles. The third-order valence-electron chi connectivity index (χ3n) is 4.64. The summed E-state index contributed by atoms with van der Waals surface area (Å²) in [7, 11) is 0. The second kappa shape index (κ2) is 10.2. The van der Waals surface area contributed by atoms with Crippen LogP contribution in [0.3, 0.4) is 0 Å². The fourth-order valence-corrected chi connectivity index (χ4v) is 3.64. The molecule has 0 saturated heterocycles. The molecule has 10 heteroatoms. The Bertz CT molecular complexity index is 1150. The molecule has 0 aliphatic carbocycles. The van der Waals surface area contributed by atoms with Gasteiger partial charge in [-0.15, -0.1) is 0 Å². The second-order valence-electron chi connectivity index (χ2n) is 8.37. The zero-order valence-corrected chi connectivity index (χ0v) is 20.0. The van der Waals surface area contributed by atoms with E-state index in [4.69, 9.17) is 21.1 Å². The topological polar surface area (TPSA) is 97.3 Å². The molecule has 1 atom stereocenters. The quantitative estimate of drug-likeness (QED) is 0.638. The molecule has 0 fully saturated rings. The SMILES string of the molecule is CCOC(=O)CN1C(=O)[C@@H](NC(=O)OC(C)(C)C)N=C(c2ccccc2F)c2cccc(Cl)c21. The Kier molecular flexibility index (Phi) is 7.56. The molecule has 1 aliphatic rings. The molecular formula is C24H25ClFN3O5. The first kappa shape index (κ1) is 25.2. The number of carbonyl (C=O) groups excluding carboxylic acids is 3. The third-order valence-corrected chi connectivity index (χ3v) is 4.95. The lowest BCUT2D eigenvalue weighted by Gasteiger charge is -2.26. The molecule has 180 valence electrons. The van der Waals surface area contributed by atoms with Gasteiger partial charge in [-0.25, -0.2) is 14.2 Å². The van der Waals surface area contributed by atoms with Crippen molar-refractivity contribution in [2.45, 2.75) is 39.5 Å². The first-order valence-corrected chi connectivity index (χ1v) is 11.0. The van der Waals surface area contributed by atoms with Crippen molar-refractivity contribution in [1.82, 2.24) is 5.32 Å². The second-order valence-corrected chi connectivity index (χ2v) is 8.78. The summed E-state index contributed by atoms with van der Waals surface area (Å²) in [6.45, 7) is 6.24. The van der Waals surface area contributed by atoms with Gasteiger partial charge in [0, 0.05) is 11.1 Å². The first-order chi connectivity index (χ1) is 16.0. The summed E-state index contributed by atoms with van der Waals surface area (Å²) in [5, 5.41) is 2.55. The highest BCUT2D eigenvalue weighted by atomic mass is 35.5. The van der Waals surface area contributed by atoms with Gasteiger partial charge in [-0.2, -0.15) is 0 Å². The Morgan fingerprint density at radius 2 is 1.82 bits per heavy atom. The van der Waals surface area contributed by atoms with E-state index in [2.05, 4.69) is 10.3 Å². The van der Waals surface area contributed by atoms with Crippen LogP contribution in [0.15, 0.2) is 47.5 Å². The number of hydrogen-bond donors (Lipinski definition) is 1. The Hall–Kier alpha value is -3.46. The number of anilines is 1. The maximum absolute atomic E-state index is 14.8. The molecule has 0 radical (unpaired) electrons. The fraction of sp³-hybridized carbons (Fsp3) is 0.333. The summed E-state index contributed by atoms with van der Waals surface area (Å²) in [5.74, 6) is -2.04. The molecular weight excluding hydrogens is 465 g/mol. The molecule has 1 N–H and O–H groups in total. The molecule has 2 amide bonds. The molecule has 0 aromatic heterocycles. The number of nitrogens with one attached hydrogen (secondary N) is 1. The number of carbonyl (C=O) groups is 3. The Labute approximate surface area is 201 Å². The van der Waals surface area contributed by atoms with Crippen molar-refractivity contribution < 1.29 is 28.2 Å². The number of ether oxygens (including phenoxy) is 2. The van der Waals surface area contributed by atoms with Crippen molar-refractivity contribution in [3.8, 4) is 0 Å². The van der Waals surface area contributed by atoms with Crippen molar-refractivity contribution in [3.05, 3.63) is 64.4 Å². The van der Waals surface area contributed by atoms with Gasteiger partial charge in [0.1, 0.15) is 18.0 Å².